The maximum atomic E-state index is 12.5. The van der Waals surface area contributed by atoms with Crippen LogP contribution >= 0.6 is 0 Å². The standard InChI is InChI=1S/C20H26N2O6/c1-19(2,3)28-17(25)21-15-14-10-12(16(23)24)4-5-13(14)11-20(15)6-8-22(9-7-20)18(26)27/h4-5,10,15H,6-9,11H2,1-3H3,(H,21,25)(H,23,24)(H,26,27)/t15-/m1/s1. The number of piperidine rings is 1. The number of fused-ring (bicyclic) bond motifs is 1. The Hall–Kier alpha value is -2.77. The molecule has 1 heterocycles. The molecule has 8 heteroatoms. The molecule has 2 amide bonds. The highest BCUT2D eigenvalue weighted by Crippen LogP contribution is 2.52. The summed E-state index contributed by atoms with van der Waals surface area (Å²) in [4.78, 5) is 36.6. The van der Waals surface area contributed by atoms with Crippen LogP contribution < -0.4 is 5.32 Å². The molecule has 0 aromatic heterocycles. The van der Waals surface area contributed by atoms with Crippen LogP contribution in [0.25, 0.3) is 0 Å². The molecule has 0 saturated carbocycles. The maximum absolute atomic E-state index is 12.5. The Balaban J connectivity index is 1.92. The van der Waals surface area contributed by atoms with Crippen LogP contribution in [0.5, 0.6) is 0 Å². The van der Waals surface area contributed by atoms with Gasteiger partial charge in [-0.1, -0.05) is 6.07 Å². The molecule has 1 aliphatic carbocycles. The number of ether oxygens (including phenoxy) is 1. The molecule has 0 unspecified atom stereocenters. The molecule has 152 valence electrons. The zero-order valence-corrected chi connectivity index (χ0v) is 16.3. The average Bonchev–Trinajstić information content (AvgIpc) is 2.86. The van der Waals surface area contributed by atoms with Crippen LogP contribution in [-0.4, -0.2) is 52.0 Å². The number of hydrogen-bond donors (Lipinski definition) is 3. The van der Waals surface area contributed by atoms with Crippen molar-refractivity contribution in [2.75, 3.05) is 13.1 Å². The van der Waals surface area contributed by atoms with Gasteiger partial charge in [0.1, 0.15) is 5.60 Å². The molecule has 1 aromatic rings. The smallest absolute Gasteiger partial charge is 0.408 e. The van der Waals surface area contributed by atoms with Crippen LogP contribution in [0.4, 0.5) is 9.59 Å². The fourth-order valence-electron chi connectivity index (χ4n) is 4.23. The molecule has 28 heavy (non-hydrogen) atoms. The van der Waals surface area contributed by atoms with E-state index in [0.29, 0.717) is 32.4 Å². The number of benzene rings is 1. The molecule has 0 radical (unpaired) electrons. The van der Waals surface area contributed by atoms with Crippen LogP contribution in [0.15, 0.2) is 18.2 Å². The van der Waals surface area contributed by atoms with Crippen LogP contribution in [-0.2, 0) is 11.2 Å². The van der Waals surface area contributed by atoms with E-state index in [-0.39, 0.29) is 11.0 Å². The topological polar surface area (TPSA) is 116 Å². The van der Waals surface area contributed by atoms with Gasteiger partial charge in [-0.15, -0.1) is 0 Å². The van der Waals surface area contributed by atoms with E-state index in [0.717, 1.165) is 11.1 Å². The zero-order chi connectivity index (χ0) is 20.7. The number of nitrogens with zero attached hydrogens (tertiary/aromatic N) is 1. The summed E-state index contributed by atoms with van der Waals surface area (Å²) in [5, 5.41) is 21.5. The lowest BCUT2D eigenvalue weighted by atomic mass is 9.73. The monoisotopic (exact) mass is 390 g/mol. The maximum Gasteiger partial charge on any atom is 0.408 e. The van der Waals surface area contributed by atoms with Crippen molar-refractivity contribution in [3.05, 3.63) is 34.9 Å². The summed E-state index contributed by atoms with van der Waals surface area (Å²) in [5.74, 6) is -1.03. The third kappa shape index (κ3) is 3.90. The highest BCUT2D eigenvalue weighted by atomic mass is 16.6. The summed E-state index contributed by atoms with van der Waals surface area (Å²) in [6.45, 7) is 6.08. The van der Waals surface area contributed by atoms with Gasteiger partial charge in [-0.2, -0.15) is 0 Å². The highest BCUT2D eigenvalue weighted by Gasteiger charge is 2.49. The molecule has 1 atom stereocenters. The van der Waals surface area contributed by atoms with Gasteiger partial charge in [0.15, 0.2) is 0 Å². The van der Waals surface area contributed by atoms with Crippen LogP contribution in [0, 0.1) is 5.41 Å². The number of amides is 2. The fraction of sp³-hybridized carbons (Fsp3) is 0.550. The molecule has 2 aliphatic rings. The number of likely N-dealkylation sites (tertiary alicyclic amines) is 1. The fourth-order valence-corrected chi connectivity index (χ4v) is 4.23. The second-order valence-electron chi connectivity index (χ2n) is 8.61. The lowest BCUT2D eigenvalue weighted by Crippen LogP contribution is -2.48. The Morgan fingerprint density at radius 3 is 2.36 bits per heavy atom. The van der Waals surface area contributed by atoms with Gasteiger partial charge in [-0.3, -0.25) is 0 Å². The van der Waals surface area contributed by atoms with E-state index in [1.807, 2.05) is 0 Å². The average molecular weight is 390 g/mol. The number of carboxylic acid groups (broad SMARTS) is 2. The summed E-state index contributed by atoms with van der Waals surface area (Å²) in [6.07, 6.45) is 0.311. The Labute approximate surface area is 163 Å². The first kappa shape index (κ1) is 20.0. The molecule has 3 rings (SSSR count). The Bertz CT molecular complexity index is 805. The van der Waals surface area contributed by atoms with Crippen LogP contribution in [0.3, 0.4) is 0 Å². The molecule has 0 bridgehead atoms. The van der Waals surface area contributed by atoms with Crippen LogP contribution in [0.2, 0.25) is 0 Å². The third-order valence-electron chi connectivity index (χ3n) is 5.55. The second-order valence-corrected chi connectivity index (χ2v) is 8.61. The van der Waals surface area contributed by atoms with Crippen molar-refractivity contribution in [3.63, 3.8) is 0 Å². The van der Waals surface area contributed by atoms with E-state index in [2.05, 4.69) is 5.32 Å². The van der Waals surface area contributed by atoms with Gasteiger partial charge < -0.3 is 25.2 Å². The minimum atomic E-state index is -1.03. The first-order valence-corrected chi connectivity index (χ1v) is 9.34. The van der Waals surface area contributed by atoms with E-state index in [4.69, 9.17) is 4.74 Å². The number of carbonyl (C=O) groups is 3. The SMILES string of the molecule is CC(C)(C)OC(=O)N[C@@H]1c2cc(C(=O)O)ccc2CC12CCN(C(=O)O)CC2. The summed E-state index contributed by atoms with van der Waals surface area (Å²) >= 11 is 0. The highest BCUT2D eigenvalue weighted by molar-refractivity contribution is 5.88. The number of alkyl carbamates (subject to hydrolysis) is 1. The predicted octanol–water partition coefficient (Wildman–Crippen LogP) is 3.27. The molecule has 1 aliphatic heterocycles. The van der Waals surface area contributed by atoms with E-state index in [1.165, 1.54) is 4.90 Å². The van der Waals surface area contributed by atoms with Gasteiger partial charge in [0, 0.05) is 18.5 Å². The summed E-state index contributed by atoms with van der Waals surface area (Å²) < 4.78 is 5.41. The minimum absolute atomic E-state index is 0.162. The largest absolute Gasteiger partial charge is 0.478 e. The van der Waals surface area contributed by atoms with Crippen molar-refractivity contribution in [2.45, 2.75) is 51.7 Å². The van der Waals surface area contributed by atoms with Crippen molar-refractivity contribution in [2.24, 2.45) is 5.41 Å². The molecular weight excluding hydrogens is 364 g/mol. The van der Waals surface area contributed by atoms with Gasteiger partial charge in [0.05, 0.1) is 11.6 Å². The number of aromatic carboxylic acids is 1. The molecule has 1 aromatic carbocycles. The van der Waals surface area contributed by atoms with E-state index < -0.39 is 29.8 Å². The molecule has 3 N–H and O–H groups in total. The normalized spacial score (nSPS) is 20.5. The van der Waals surface area contributed by atoms with Crippen molar-refractivity contribution < 1.29 is 29.3 Å². The summed E-state index contributed by atoms with van der Waals surface area (Å²) in [5.41, 5.74) is 0.899. The summed E-state index contributed by atoms with van der Waals surface area (Å²) in [6, 6.07) is 4.54. The third-order valence-corrected chi connectivity index (χ3v) is 5.55. The Morgan fingerprint density at radius 2 is 1.82 bits per heavy atom. The molecule has 8 nitrogen and oxygen atoms in total. The Morgan fingerprint density at radius 1 is 1.18 bits per heavy atom. The number of carbonyl (C=O) groups excluding carboxylic acids is 1. The summed E-state index contributed by atoms with van der Waals surface area (Å²) in [7, 11) is 0. The van der Waals surface area contributed by atoms with Crippen LogP contribution in [0.1, 0.15) is 61.1 Å². The molecular formula is C20H26N2O6. The first-order chi connectivity index (χ1) is 13.0. The van der Waals surface area contributed by atoms with Gasteiger partial charge in [-0.25, -0.2) is 14.4 Å². The van der Waals surface area contributed by atoms with Gasteiger partial charge in [0.2, 0.25) is 0 Å². The van der Waals surface area contributed by atoms with E-state index in [9.17, 15) is 24.6 Å². The van der Waals surface area contributed by atoms with Crippen molar-refractivity contribution in [1.29, 1.82) is 0 Å². The van der Waals surface area contributed by atoms with Gasteiger partial charge in [0.25, 0.3) is 0 Å². The molecule has 1 spiro atoms. The van der Waals surface area contributed by atoms with Crippen molar-refractivity contribution in [1.82, 2.24) is 10.2 Å². The second kappa shape index (κ2) is 7.00. The predicted molar refractivity (Wildman–Crippen MR) is 100 cm³/mol. The quantitative estimate of drug-likeness (QED) is 0.714. The number of hydrogen-bond acceptors (Lipinski definition) is 4. The van der Waals surface area contributed by atoms with Crippen molar-refractivity contribution in [3.8, 4) is 0 Å². The van der Waals surface area contributed by atoms with E-state index in [1.54, 1.807) is 39.0 Å². The number of carboxylic acids is 1. The van der Waals surface area contributed by atoms with Gasteiger partial charge >= 0.3 is 18.2 Å². The number of nitrogens with one attached hydrogen (secondary N) is 1. The van der Waals surface area contributed by atoms with Crippen molar-refractivity contribution >= 4 is 18.2 Å². The molecule has 1 fully saturated rings. The number of rotatable bonds is 2. The van der Waals surface area contributed by atoms with E-state index >= 15 is 0 Å². The Kier molecular flexibility index (Phi) is 4.99. The minimum Gasteiger partial charge on any atom is -0.478 e. The lowest BCUT2D eigenvalue weighted by molar-refractivity contribution is 0.0350. The first-order valence-electron chi connectivity index (χ1n) is 9.34. The zero-order valence-electron chi connectivity index (χ0n) is 16.3. The van der Waals surface area contributed by atoms with Gasteiger partial charge in [-0.05, 0) is 63.3 Å². The molecule has 1 saturated heterocycles. The lowest BCUT2D eigenvalue weighted by Gasteiger charge is -2.42.